The molecule has 0 aromatic carbocycles. The maximum atomic E-state index is 11.0. The summed E-state index contributed by atoms with van der Waals surface area (Å²) in [5.41, 5.74) is 2.54. The van der Waals surface area contributed by atoms with Crippen molar-refractivity contribution < 1.29 is 14.3 Å². The van der Waals surface area contributed by atoms with Gasteiger partial charge in [0.15, 0.2) is 6.61 Å². The molecular formula is C10H10N2O3S. The summed E-state index contributed by atoms with van der Waals surface area (Å²) in [7, 11) is 0. The number of rotatable bonds is 4. The summed E-state index contributed by atoms with van der Waals surface area (Å²) in [6.07, 6.45) is 0. The number of fused-ring (bicyclic) bond motifs is 1. The van der Waals surface area contributed by atoms with E-state index in [4.69, 9.17) is 9.47 Å². The van der Waals surface area contributed by atoms with Gasteiger partial charge in [-0.25, -0.2) is 14.8 Å². The predicted octanol–water partition coefficient (Wildman–Crippen LogP) is 1.63. The van der Waals surface area contributed by atoms with Gasteiger partial charge in [-0.3, -0.25) is 0 Å². The summed E-state index contributed by atoms with van der Waals surface area (Å²) in [6.45, 7) is 1.98. The first-order chi connectivity index (χ1) is 7.79. The Morgan fingerprint density at radius 3 is 3.19 bits per heavy atom. The molecule has 0 spiro atoms. The Bertz CT molecular complexity index is 498. The average molecular weight is 238 g/mol. The number of hydrogen-bond acceptors (Lipinski definition) is 6. The SMILES string of the molecule is CCOC(=O)COc1ccc2ncsc2n1. The van der Waals surface area contributed by atoms with E-state index in [-0.39, 0.29) is 6.61 Å². The molecule has 0 aliphatic rings. The van der Waals surface area contributed by atoms with E-state index < -0.39 is 5.97 Å². The minimum absolute atomic E-state index is 0.120. The standard InChI is InChI=1S/C10H10N2O3S/c1-2-14-9(13)5-15-8-4-3-7-10(12-8)16-6-11-7/h3-4,6H,2,5H2,1H3. The molecule has 2 aromatic rings. The van der Waals surface area contributed by atoms with E-state index in [1.165, 1.54) is 11.3 Å². The summed E-state index contributed by atoms with van der Waals surface area (Å²) in [6, 6.07) is 3.49. The fraction of sp³-hybridized carbons (Fsp3) is 0.300. The van der Waals surface area contributed by atoms with Gasteiger partial charge in [0.2, 0.25) is 5.88 Å². The van der Waals surface area contributed by atoms with E-state index in [0.29, 0.717) is 12.5 Å². The minimum Gasteiger partial charge on any atom is -0.466 e. The third kappa shape index (κ3) is 2.46. The Hall–Kier alpha value is -1.69. The highest BCUT2D eigenvalue weighted by Crippen LogP contribution is 2.18. The number of ether oxygens (including phenoxy) is 2. The largest absolute Gasteiger partial charge is 0.466 e. The molecule has 2 heterocycles. The van der Waals surface area contributed by atoms with Gasteiger partial charge < -0.3 is 9.47 Å². The highest BCUT2D eigenvalue weighted by Gasteiger charge is 2.05. The molecule has 16 heavy (non-hydrogen) atoms. The lowest BCUT2D eigenvalue weighted by atomic mass is 10.4. The van der Waals surface area contributed by atoms with E-state index in [1.807, 2.05) is 0 Å². The molecule has 0 atom stereocenters. The van der Waals surface area contributed by atoms with Gasteiger partial charge in [-0.15, -0.1) is 11.3 Å². The molecule has 6 heteroatoms. The number of nitrogens with zero attached hydrogens (tertiary/aromatic N) is 2. The van der Waals surface area contributed by atoms with Gasteiger partial charge in [0.25, 0.3) is 0 Å². The monoisotopic (exact) mass is 238 g/mol. The van der Waals surface area contributed by atoms with Crippen LogP contribution in [0.5, 0.6) is 5.88 Å². The first kappa shape index (κ1) is 10.8. The van der Waals surface area contributed by atoms with Gasteiger partial charge in [0.1, 0.15) is 10.3 Å². The van der Waals surface area contributed by atoms with Crippen LogP contribution in [0, 0.1) is 0 Å². The number of hydrogen-bond donors (Lipinski definition) is 0. The second-order valence-corrected chi connectivity index (χ2v) is 3.75. The number of esters is 1. The van der Waals surface area contributed by atoms with Crippen molar-refractivity contribution in [2.75, 3.05) is 13.2 Å². The van der Waals surface area contributed by atoms with E-state index in [0.717, 1.165) is 10.3 Å². The molecule has 0 amide bonds. The van der Waals surface area contributed by atoms with Crippen LogP contribution >= 0.6 is 11.3 Å². The smallest absolute Gasteiger partial charge is 0.344 e. The summed E-state index contributed by atoms with van der Waals surface area (Å²) in [5.74, 6) is 0.0125. The maximum absolute atomic E-state index is 11.0. The second kappa shape index (κ2) is 4.89. The highest BCUT2D eigenvalue weighted by atomic mass is 32.1. The fourth-order valence-corrected chi connectivity index (χ4v) is 1.80. The highest BCUT2D eigenvalue weighted by molar-refractivity contribution is 7.16. The Labute approximate surface area is 96.0 Å². The summed E-state index contributed by atoms with van der Waals surface area (Å²) in [4.78, 5) is 20.1. The van der Waals surface area contributed by atoms with E-state index >= 15 is 0 Å². The lowest BCUT2D eigenvalue weighted by Crippen LogP contribution is -2.14. The molecule has 2 aromatic heterocycles. The molecule has 0 N–H and O–H groups in total. The van der Waals surface area contributed by atoms with Crippen molar-refractivity contribution >= 4 is 27.7 Å². The first-order valence-electron chi connectivity index (χ1n) is 4.78. The number of carbonyl (C=O) groups excluding carboxylic acids is 1. The number of thiazole rings is 1. The van der Waals surface area contributed by atoms with Crippen LogP contribution < -0.4 is 4.74 Å². The summed E-state index contributed by atoms with van der Waals surface area (Å²) >= 11 is 1.43. The second-order valence-electron chi connectivity index (χ2n) is 2.92. The molecule has 0 unspecified atom stereocenters. The van der Waals surface area contributed by atoms with Gasteiger partial charge in [0.05, 0.1) is 12.1 Å². The third-order valence-corrected chi connectivity index (χ3v) is 2.55. The van der Waals surface area contributed by atoms with Crippen molar-refractivity contribution in [2.24, 2.45) is 0 Å². The van der Waals surface area contributed by atoms with Crippen LogP contribution in [0.15, 0.2) is 17.6 Å². The zero-order chi connectivity index (χ0) is 11.4. The molecule has 2 rings (SSSR count). The maximum Gasteiger partial charge on any atom is 0.344 e. The molecule has 0 radical (unpaired) electrons. The molecular weight excluding hydrogens is 228 g/mol. The lowest BCUT2D eigenvalue weighted by molar-refractivity contribution is -0.145. The minimum atomic E-state index is -0.395. The van der Waals surface area contributed by atoms with Crippen molar-refractivity contribution in [3.63, 3.8) is 0 Å². The Morgan fingerprint density at radius 1 is 1.50 bits per heavy atom. The van der Waals surface area contributed by atoms with Gasteiger partial charge in [-0.05, 0) is 13.0 Å². The van der Waals surface area contributed by atoms with E-state index in [1.54, 1.807) is 24.6 Å². The average Bonchev–Trinajstić information content (AvgIpc) is 2.74. The normalized spacial score (nSPS) is 10.3. The van der Waals surface area contributed by atoms with Crippen LogP contribution in [0.2, 0.25) is 0 Å². The zero-order valence-corrected chi connectivity index (χ0v) is 9.49. The molecule has 0 fully saturated rings. The van der Waals surface area contributed by atoms with Crippen LogP contribution in [-0.4, -0.2) is 29.2 Å². The van der Waals surface area contributed by atoms with Crippen LogP contribution in [0.3, 0.4) is 0 Å². The zero-order valence-electron chi connectivity index (χ0n) is 8.67. The number of carbonyl (C=O) groups is 1. The van der Waals surface area contributed by atoms with Crippen LogP contribution in [0.4, 0.5) is 0 Å². The first-order valence-corrected chi connectivity index (χ1v) is 5.66. The number of aromatic nitrogens is 2. The Kier molecular flexibility index (Phi) is 3.31. The Morgan fingerprint density at radius 2 is 2.38 bits per heavy atom. The van der Waals surface area contributed by atoms with Gasteiger partial charge in [-0.1, -0.05) is 0 Å². The molecule has 84 valence electrons. The third-order valence-electron chi connectivity index (χ3n) is 1.81. The lowest BCUT2D eigenvalue weighted by Gasteiger charge is -2.04. The summed E-state index contributed by atoms with van der Waals surface area (Å²) in [5, 5.41) is 0. The van der Waals surface area contributed by atoms with E-state index in [2.05, 4.69) is 9.97 Å². The molecule has 0 saturated carbocycles. The van der Waals surface area contributed by atoms with Crippen molar-refractivity contribution in [3.8, 4) is 5.88 Å². The molecule has 0 bridgehead atoms. The van der Waals surface area contributed by atoms with Crippen molar-refractivity contribution in [1.82, 2.24) is 9.97 Å². The fourth-order valence-electron chi connectivity index (χ4n) is 1.15. The van der Waals surface area contributed by atoms with Crippen molar-refractivity contribution in [2.45, 2.75) is 6.92 Å². The van der Waals surface area contributed by atoms with Crippen LogP contribution in [-0.2, 0) is 9.53 Å². The van der Waals surface area contributed by atoms with E-state index in [9.17, 15) is 4.79 Å². The van der Waals surface area contributed by atoms with Gasteiger partial charge in [-0.2, -0.15) is 0 Å². The molecule has 0 aliphatic heterocycles. The topological polar surface area (TPSA) is 61.3 Å². The quantitative estimate of drug-likeness (QED) is 0.758. The van der Waals surface area contributed by atoms with Crippen molar-refractivity contribution in [1.29, 1.82) is 0 Å². The van der Waals surface area contributed by atoms with Gasteiger partial charge >= 0.3 is 5.97 Å². The molecule has 0 aliphatic carbocycles. The van der Waals surface area contributed by atoms with Crippen LogP contribution in [0.25, 0.3) is 10.3 Å². The van der Waals surface area contributed by atoms with Crippen molar-refractivity contribution in [3.05, 3.63) is 17.6 Å². The molecule has 5 nitrogen and oxygen atoms in total. The molecule has 0 saturated heterocycles. The number of pyridine rings is 1. The predicted molar refractivity (Wildman–Crippen MR) is 59.5 cm³/mol. The van der Waals surface area contributed by atoms with Gasteiger partial charge in [0, 0.05) is 6.07 Å². The van der Waals surface area contributed by atoms with Crippen LogP contribution in [0.1, 0.15) is 6.92 Å². The Balaban J connectivity index is 2.01. The summed E-state index contributed by atoms with van der Waals surface area (Å²) < 4.78 is 9.93.